The first kappa shape index (κ1) is 16.4. The van der Waals surface area contributed by atoms with Crippen molar-refractivity contribution in [2.45, 2.75) is 30.7 Å². The summed E-state index contributed by atoms with van der Waals surface area (Å²) >= 11 is 8.05. The molecule has 0 fully saturated rings. The van der Waals surface area contributed by atoms with Crippen molar-refractivity contribution >= 4 is 23.4 Å². The van der Waals surface area contributed by atoms with E-state index in [1.807, 2.05) is 30.0 Å². The lowest BCUT2D eigenvalue weighted by Gasteiger charge is -2.18. The topological polar surface area (TPSA) is 12.0 Å². The van der Waals surface area contributed by atoms with Crippen molar-refractivity contribution in [1.82, 2.24) is 5.32 Å². The minimum atomic E-state index is 0.511. The Hall–Kier alpha value is -0.960. The van der Waals surface area contributed by atoms with Crippen molar-refractivity contribution in [2.24, 2.45) is 0 Å². The molecule has 0 spiro atoms. The standard InChI is InChI=1S/C18H22ClNS/c1-2-20-16(13-12-15-8-4-3-5-9-15)14-21-18-11-7-6-10-17(18)19/h3-11,16,20H,2,12-14H2,1H3. The van der Waals surface area contributed by atoms with E-state index in [1.165, 1.54) is 10.5 Å². The quantitative estimate of drug-likeness (QED) is 0.684. The van der Waals surface area contributed by atoms with Crippen LogP contribution in [-0.4, -0.2) is 18.3 Å². The van der Waals surface area contributed by atoms with Crippen LogP contribution in [0.25, 0.3) is 0 Å². The van der Waals surface area contributed by atoms with E-state index in [2.05, 4.69) is 48.6 Å². The second-order valence-corrected chi connectivity index (χ2v) is 6.49. The first-order chi connectivity index (χ1) is 10.3. The van der Waals surface area contributed by atoms with Crippen LogP contribution in [0.4, 0.5) is 0 Å². The van der Waals surface area contributed by atoms with E-state index < -0.39 is 0 Å². The molecule has 112 valence electrons. The zero-order chi connectivity index (χ0) is 14.9. The summed E-state index contributed by atoms with van der Waals surface area (Å²) in [7, 11) is 0. The second kappa shape index (κ2) is 9.14. The van der Waals surface area contributed by atoms with Crippen LogP contribution in [0.1, 0.15) is 18.9 Å². The summed E-state index contributed by atoms with van der Waals surface area (Å²) in [6.07, 6.45) is 2.26. The molecule has 0 aromatic heterocycles. The zero-order valence-electron chi connectivity index (χ0n) is 12.4. The van der Waals surface area contributed by atoms with E-state index in [9.17, 15) is 0 Å². The third-order valence-corrected chi connectivity index (χ3v) is 5.07. The molecular formula is C18H22ClNS. The normalized spacial score (nSPS) is 12.3. The van der Waals surface area contributed by atoms with Crippen molar-refractivity contribution in [3.05, 3.63) is 65.2 Å². The Morgan fingerprint density at radius 2 is 1.76 bits per heavy atom. The molecule has 1 N–H and O–H groups in total. The average Bonchev–Trinajstić information content (AvgIpc) is 2.52. The monoisotopic (exact) mass is 319 g/mol. The fourth-order valence-electron chi connectivity index (χ4n) is 2.27. The SMILES string of the molecule is CCNC(CCc1ccccc1)CSc1ccccc1Cl. The second-order valence-electron chi connectivity index (χ2n) is 5.02. The maximum atomic E-state index is 6.22. The van der Waals surface area contributed by atoms with Crippen LogP contribution in [0.15, 0.2) is 59.5 Å². The highest BCUT2D eigenvalue weighted by Gasteiger charge is 2.09. The van der Waals surface area contributed by atoms with Gasteiger partial charge in [-0.3, -0.25) is 0 Å². The van der Waals surface area contributed by atoms with Crippen molar-refractivity contribution in [2.75, 3.05) is 12.3 Å². The summed E-state index contributed by atoms with van der Waals surface area (Å²) in [5.74, 6) is 1.05. The van der Waals surface area contributed by atoms with Crippen LogP contribution < -0.4 is 5.32 Å². The van der Waals surface area contributed by atoms with Gasteiger partial charge in [0.1, 0.15) is 0 Å². The molecule has 0 aliphatic heterocycles. The minimum Gasteiger partial charge on any atom is -0.313 e. The summed E-state index contributed by atoms with van der Waals surface area (Å²) < 4.78 is 0. The molecule has 1 unspecified atom stereocenters. The van der Waals surface area contributed by atoms with Gasteiger partial charge in [-0.2, -0.15) is 0 Å². The smallest absolute Gasteiger partial charge is 0.0541 e. The molecule has 0 saturated heterocycles. The third-order valence-electron chi connectivity index (χ3n) is 3.39. The molecule has 0 amide bonds. The predicted molar refractivity (Wildman–Crippen MR) is 94.4 cm³/mol. The summed E-state index contributed by atoms with van der Waals surface area (Å²) in [6, 6.07) is 19.3. The van der Waals surface area contributed by atoms with Crippen LogP contribution >= 0.6 is 23.4 Å². The number of nitrogens with one attached hydrogen (secondary N) is 1. The van der Waals surface area contributed by atoms with Crippen molar-refractivity contribution < 1.29 is 0 Å². The average molecular weight is 320 g/mol. The van der Waals surface area contributed by atoms with Gasteiger partial charge in [0.2, 0.25) is 0 Å². The molecule has 0 bridgehead atoms. The van der Waals surface area contributed by atoms with Gasteiger partial charge in [0.05, 0.1) is 5.02 Å². The van der Waals surface area contributed by atoms with Crippen LogP contribution in [0.5, 0.6) is 0 Å². The van der Waals surface area contributed by atoms with Gasteiger partial charge in [-0.25, -0.2) is 0 Å². The minimum absolute atomic E-state index is 0.511. The summed E-state index contributed by atoms with van der Waals surface area (Å²) in [6.45, 7) is 3.16. The first-order valence-electron chi connectivity index (χ1n) is 7.44. The van der Waals surface area contributed by atoms with E-state index in [0.29, 0.717) is 6.04 Å². The molecule has 21 heavy (non-hydrogen) atoms. The Morgan fingerprint density at radius 1 is 1.05 bits per heavy atom. The van der Waals surface area contributed by atoms with Crippen molar-refractivity contribution in [1.29, 1.82) is 0 Å². The molecule has 2 rings (SSSR count). The van der Waals surface area contributed by atoms with Crippen LogP contribution in [0, 0.1) is 0 Å². The van der Waals surface area contributed by atoms with Crippen LogP contribution in [0.3, 0.4) is 0 Å². The molecule has 3 heteroatoms. The lowest BCUT2D eigenvalue weighted by molar-refractivity contribution is 0.537. The van der Waals surface area contributed by atoms with Crippen molar-refractivity contribution in [3.63, 3.8) is 0 Å². The summed E-state index contributed by atoms with van der Waals surface area (Å²) in [5, 5.41) is 4.43. The fraction of sp³-hybridized carbons (Fsp3) is 0.333. The summed E-state index contributed by atoms with van der Waals surface area (Å²) in [4.78, 5) is 1.17. The molecular weight excluding hydrogens is 298 g/mol. The maximum absolute atomic E-state index is 6.22. The molecule has 0 aliphatic carbocycles. The summed E-state index contributed by atoms with van der Waals surface area (Å²) in [5.41, 5.74) is 1.41. The Bertz CT molecular complexity index is 530. The lowest BCUT2D eigenvalue weighted by Crippen LogP contribution is -2.31. The number of thioether (sulfide) groups is 1. The molecule has 2 aromatic rings. The number of hydrogen-bond acceptors (Lipinski definition) is 2. The molecule has 2 aromatic carbocycles. The zero-order valence-corrected chi connectivity index (χ0v) is 14.0. The van der Waals surface area contributed by atoms with Gasteiger partial charge in [0.25, 0.3) is 0 Å². The highest BCUT2D eigenvalue weighted by Crippen LogP contribution is 2.27. The highest BCUT2D eigenvalue weighted by molar-refractivity contribution is 7.99. The van der Waals surface area contributed by atoms with Gasteiger partial charge in [0.15, 0.2) is 0 Å². The number of hydrogen-bond donors (Lipinski definition) is 1. The van der Waals surface area contributed by atoms with Crippen LogP contribution in [0.2, 0.25) is 5.02 Å². The van der Waals surface area contributed by atoms with Crippen LogP contribution in [-0.2, 0) is 6.42 Å². The third kappa shape index (κ3) is 5.74. The molecule has 1 nitrogen and oxygen atoms in total. The van der Waals surface area contributed by atoms with E-state index in [-0.39, 0.29) is 0 Å². The molecule has 1 atom stereocenters. The molecule has 0 aliphatic rings. The Balaban J connectivity index is 1.85. The predicted octanol–water partition coefficient (Wildman–Crippen LogP) is 5.04. The Labute approximate surface area is 137 Å². The van der Waals surface area contributed by atoms with Gasteiger partial charge in [-0.05, 0) is 37.1 Å². The van der Waals surface area contributed by atoms with E-state index in [0.717, 1.165) is 30.2 Å². The van der Waals surface area contributed by atoms with Gasteiger partial charge >= 0.3 is 0 Å². The van der Waals surface area contributed by atoms with E-state index >= 15 is 0 Å². The van der Waals surface area contributed by atoms with Gasteiger partial charge in [0, 0.05) is 16.7 Å². The maximum Gasteiger partial charge on any atom is 0.0541 e. The lowest BCUT2D eigenvalue weighted by atomic mass is 10.1. The molecule has 0 heterocycles. The first-order valence-corrected chi connectivity index (χ1v) is 8.80. The van der Waals surface area contributed by atoms with E-state index in [1.54, 1.807) is 0 Å². The number of benzene rings is 2. The van der Waals surface area contributed by atoms with Crippen molar-refractivity contribution in [3.8, 4) is 0 Å². The number of halogens is 1. The Kier molecular flexibility index (Phi) is 7.14. The van der Waals surface area contributed by atoms with Gasteiger partial charge in [-0.1, -0.05) is 61.0 Å². The number of rotatable bonds is 8. The Morgan fingerprint density at radius 3 is 2.48 bits per heavy atom. The van der Waals surface area contributed by atoms with Gasteiger partial charge in [-0.15, -0.1) is 11.8 Å². The highest BCUT2D eigenvalue weighted by atomic mass is 35.5. The van der Waals surface area contributed by atoms with Gasteiger partial charge < -0.3 is 5.32 Å². The molecule has 0 radical (unpaired) electrons. The number of aryl methyl sites for hydroxylation is 1. The molecule has 0 saturated carbocycles. The van der Waals surface area contributed by atoms with E-state index in [4.69, 9.17) is 11.6 Å². The largest absolute Gasteiger partial charge is 0.313 e. The fourth-order valence-corrected chi connectivity index (χ4v) is 3.62.